The molecule has 0 saturated carbocycles. The van der Waals surface area contributed by atoms with Gasteiger partial charge < -0.3 is 15.5 Å². The van der Waals surface area contributed by atoms with E-state index in [1.54, 1.807) is 6.07 Å². The maximum Gasteiger partial charge on any atom is 0.141 e. The van der Waals surface area contributed by atoms with Gasteiger partial charge in [0.1, 0.15) is 5.82 Å². The number of rotatable bonds is 9. The number of nitrogens with zero attached hydrogens (tertiary/aromatic N) is 2. The van der Waals surface area contributed by atoms with E-state index in [0.717, 1.165) is 5.69 Å². The van der Waals surface area contributed by atoms with Gasteiger partial charge in [0.2, 0.25) is 0 Å². The fourth-order valence-electron chi connectivity index (χ4n) is 2.39. The average molecular weight is 285 g/mol. The highest BCUT2D eigenvalue weighted by Crippen LogP contribution is 2.20. The number of aliphatic hydroxyl groups is 2. The number of nitrogens with one attached hydrogen (secondary N) is 1. The van der Waals surface area contributed by atoms with Gasteiger partial charge in [-0.3, -0.25) is 9.88 Å². The van der Waals surface area contributed by atoms with E-state index in [0.29, 0.717) is 19.6 Å². The number of hydrogen-bond donors (Lipinski definition) is 3. The Hall–Kier alpha value is -1.08. The maximum absolute atomic E-state index is 12.9. The van der Waals surface area contributed by atoms with Crippen molar-refractivity contribution in [1.29, 1.82) is 0 Å². The molecule has 114 valence electrons. The molecule has 0 spiro atoms. The van der Waals surface area contributed by atoms with Crippen LogP contribution in [0.5, 0.6) is 0 Å². The van der Waals surface area contributed by atoms with Gasteiger partial charge in [-0.25, -0.2) is 4.39 Å². The van der Waals surface area contributed by atoms with Crippen molar-refractivity contribution < 1.29 is 14.6 Å². The molecule has 0 aliphatic rings. The zero-order chi connectivity index (χ0) is 15.0. The number of halogens is 1. The lowest BCUT2D eigenvalue weighted by molar-refractivity contribution is 0.138. The first-order valence-corrected chi connectivity index (χ1v) is 6.85. The minimum atomic E-state index is -0.349. The molecule has 0 amide bonds. The predicted octanol–water partition coefficient (Wildman–Crippen LogP) is 0.404. The van der Waals surface area contributed by atoms with Crippen LogP contribution in [0.1, 0.15) is 18.7 Å². The third kappa shape index (κ3) is 5.13. The monoisotopic (exact) mass is 285 g/mol. The number of pyridine rings is 1. The van der Waals surface area contributed by atoms with E-state index < -0.39 is 0 Å². The first kappa shape index (κ1) is 17.0. The molecule has 6 heteroatoms. The average Bonchev–Trinajstić information content (AvgIpc) is 2.42. The van der Waals surface area contributed by atoms with Crippen molar-refractivity contribution in [3.8, 4) is 0 Å². The predicted molar refractivity (Wildman–Crippen MR) is 75.8 cm³/mol. The normalized spacial score (nSPS) is 14.5. The van der Waals surface area contributed by atoms with Crippen LogP contribution < -0.4 is 5.32 Å². The Morgan fingerprint density at radius 3 is 2.40 bits per heavy atom. The smallest absolute Gasteiger partial charge is 0.141 e. The lowest BCUT2D eigenvalue weighted by Gasteiger charge is -2.29. The van der Waals surface area contributed by atoms with Crippen molar-refractivity contribution in [1.82, 2.24) is 15.2 Å². The van der Waals surface area contributed by atoms with Gasteiger partial charge in [0, 0.05) is 19.6 Å². The summed E-state index contributed by atoms with van der Waals surface area (Å²) in [5.74, 6) is -0.144. The Morgan fingerprint density at radius 2 is 1.95 bits per heavy atom. The van der Waals surface area contributed by atoms with Gasteiger partial charge in [0.05, 0.1) is 31.1 Å². The first-order chi connectivity index (χ1) is 9.62. The van der Waals surface area contributed by atoms with Crippen LogP contribution in [0.15, 0.2) is 18.3 Å². The van der Waals surface area contributed by atoms with E-state index in [-0.39, 0.29) is 31.0 Å². The minimum Gasteiger partial charge on any atom is -0.395 e. The van der Waals surface area contributed by atoms with Crippen LogP contribution in [-0.2, 0) is 0 Å². The van der Waals surface area contributed by atoms with Gasteiger partial charge in [-0.1, -0.05) is 6.92 Å². The molecule has 1 rings (SSSR count). The van der Waals surface area contributed by atoms with E-state index in [9.17, 15) is 4.39 Å². The van der Waals surface area contributed by atoms with Crippen molar-refractivity contribution in [3.05, 3.63) is 29.8 Å². The van der Waals surface area contributed by atoms with E-state index in [2.05, 4.69) is 17.2 Å². The first-order valence-electron chi connectivity index (χ1n) is 6.85. The third-order valence-corrected chi connectivity index (χ3v) is 3.33. The van der Waals surface area contributed by atoms with Gasteiger partial charge in [-0.2, -0.15) is 0 Å². The molecule has 0 saturated heterocycles. The zero-order valence-corrected chi connectivity index (χ0v) is 12.1. The van der Waals surface area contributed by atoms with Gasteiger partial charge in [0.25, 0.3) is 0 Å². The van der Waals surface area contributed by atoms with E-state index in [1.165, 1.54) is 12.3 Å². The van der Waals surface area contributed by atoms with Gasteiger partial charge in [-0.05, 0) is 25.1 Å². The van der Waals surface area contributed by atoms with Crippen molar-refractivity contribution in [3.63, 3.8) is 0 Å². The molecule has 3 N–H and O–H groups in total. The summed E-state index contributed by atoms with van der Waals surface area (Å²) >= 11 is 0. The van der Waals surface area contributed by atoms with Crippen LogP contribution in [0.2, 0.25) is 0 Å². The molecule has 1 aromatic heterocycles. The summed E-state index contributed by atoms with van der Waals surface area (Å²) in [6, 6.07) is 3.07. The molecule has 0 radical (unpaired) electrons. The van der Waals surface area contributed by atoms with Gasteiger partial charge >= 0.3 is 0 Å². The standard InChI is InChI=1S/C14H24FN3O2/c1-11(10-18(5-7-19)6-8-20)14(16-2)13-4-3-12(15)9-17-13/h3-4,9,11,14,16,19-20H,5-8,10H2,1-2H3. The lowest BCUT2D eigenvalue weighted by Crippen LogP contribution is -2.38. The van der Waals surface area contributed by atoms with Crippen molar-refractivity contribution >= 4 is 0 Å². The lowest BCUT2D eigenvalue weighted by atomic mass is 9.97. The maximum atomic E-state index is 12.9. The van der Waals surface area contributed by atoms with E-state index in [4.69, 9.17) is 10.2 Å². The summed E-state index contributed by atoms with van der Waals surface area (Å²) in [6.45, 7) is 3.95. The van der Waals surface area contributed by atoms with E-state index >= 15 is 0 Å². The molecular weight excluding hydrogens is 261 g/mol. The van der Waals surface area contributed by atoms with Crippen LogP contribution in [0.3, 0.4) is 0 Å². The molecule has 5 nitrogen and oxygen atoms in total. The quantitative estimate of drug-likeness (QED) is 0.613. The third-order valence-electron chi connectivity index (χ3n) is 3.33. The molecule has 2 unspecified atom stereocenters. The van der Waals surface area contributed by atoms with Crippen LogP contribution in [0.4, 0.5) is 4.39 Å². The minimum absolute atomic E-state index is 0.00418. The molecule has 20 heavy (non-hydrogen) atoms. The van der Waals surface area contributed by atoms with Gasteiger partial charge in [0.15, 0.2) is 0 Å². The second-order valence-corrected chi connectivity index (χ2v) is 4.89. The Kier molecular flexibility index (Phi) is 7.61. The van der Waals surface area contributed by atoms with Crippen LogP contribution in [0.25, 0.3) is 0 Å². The summed E-state index contributed by atoms with van der Waals surface area (Å²) in [4.78, 5) is 6.11. The molecule has 0 fully saturated rings. The molecule has 0 aliphatic carbocycles. The SMILES string of the molecule is CNC(c1ccc(F)cn1)C(C)CN(CCO)CCO. The Balaban J connectivity index is 2.70. The molecule has 1 heterocycles. The highest BCUT2D eigenvalue weighted by molar-refractivity contribution is 5.10. The van der Waals surface area contributed by atoms with Crippen LogP contribution in [0, 0.1) is 11.7 Å². The largest absolute Gasteiger partial charge is 0.395 e. The number of aliphatic hydroxyl groups excluding tert-OH is 2. The van der Waals surface area contributed by atoms with Crippen molar-refractivity contribution in [2.75, 3.05) is 39.9 Å². The second kappa shape index (κ2) is 8.97. The fraction of sp³-hybridized carbons (Fsp3) is 0.643. The summed E-state index contributed by atoms with van der Waals surface area (Å²) in [5.41, 5.74) is 0.786. The summed E-state index contributed by atoms with van der Waals surface area (Å²) in [6.07, 6.45) is 1.21. The summed E-state index contributed by atoms with van der Waals surface area (Å²) in [5, 5.41) is 21.2. The molecule has 0 aliphatic heterocycles. The Morgan fingerprint density at radius 1 is 1.30 bits per heavy atom. The van der Waals surface area contributed by atoms with Crippen LogP contribution in [-0.4, -0.2) is 60.0 Å². The number of aromatic nitrogens is 1. The fourth-order valence-corrected chi connectivity index (χ4v) is 2.39. The summed E-state index contributed by atoms with van der Waals surface area (Å²) in [7, 11) is 1.84. The topological polar surface area (TPSA) is 68.6 Å². The zero-order valence-electron chi connectivity index (χ0n) is 12.1. The second-order valence-electron chi connectivity index (χ2n) is 4.89. The Labute approximate surface area is 119 Å². The molecule has 0 aromatic carbocycles. The van der Waals surface area contributed by atoms with Crippen molar-refractivity contribution in [2.45, 2.75) is 13.0 Å². The molecule has 2 atom stereocenters. The highest BCUT2D eigenvalue weighted by atomic mass is 19.1. The molecular formula is C14H24FN3O2. The van der Waals surface area contributed by atoms with Gasteiger partial charge in [-0.15, -0.1) is 0 Å². The molecule has 1 aromatic rings. The highest BCUT2D eigenvalue weighted by Gasteiger charge is 2.21. The number of hydrogen-bond acceptors (Lipinski definition) is 5. The molecule has 0 bridgehead atoms. The van der Waals surface area contributed by atoms with E-state index in [1.807, 2.05) is 11.9 Å². The van der Waals surface area contributed by atoms with Crippen LogP contribution >= 0.6 is 0 Å². The Bertz CT molecular complexity index is 369. The van der Waals surface area contributed by atoms with Crippen molar-refractivity contribution in [2.24, 2.45) is 5.92 Å². The summed E-state index contributed by atoms with van der Waals surface area (Å²) < 4.78 is 12.9.